The van der Waals surface area contributed by atoms with E-state index in [1.807, 2.05) is 24.3 Å². The van der Waals surface area contributed by atoms with Crippen LogP contribution in [0.1, 0.15) is 69.6 Å². The quantitative estimate of drug-likeness (QED) is 0.557. The van der Waals surface area contributed by atoms with Gasteiger partial charge in [0.2, 0.25) is 0 Å². The van der Waals surface area contributed by atoms with Crippen molar-refractivity contribution in [2.45, 2.75) is 38.5 Å². The highest BCUT2D eigenvalue weighted by atomic mass is 16.5. The molecule has 7 nitrogen and oxygen atoms in total. The Balaban J connectivity index is 1.57. The van der Waals surface area contributed by atoms with E-state index in [0.29, 0.717) is 40.8 Å². The maximum atomic E-state index is 13.0. The minimum absolute atomic E-state index is 0.0791. The first-order valence-corrected chi connectivity index (χ1v) is 11.2. The van der Waals surface area contributed by atoms with Gasteiger partial charge in [0.1, 0.15) is 5.56 Å². The molecule has 0 spiro atoms. The van der Waals surface area contributed by atoms with Crippen LogP contribution in [0.5, 0.6) is 11.5 Å². The lowest BCUT2D eigenvalue weighted by molar-refractivity contribution is 0.0963. The van der Waals surface area contributed by atoms with Gasteiger partial charge in [0.05, 0.1) is 14.2 Å². The van der Waals surface area contributed by atoms with E-state index in [4.69, 9.17) is 9.47 Å². The van der Waals surface area contributed by atoms with Crippen LogP contribution in [0.15, 0.2) is 53.3 Å². The molecule has 0 radical (unpaired) electrons. The second kappa shape index (κ2) is 9.55. The zero-order valence-corrected chi connectivity index (χ0v) is 19.7. The van der Waals surface area contributed by atoms with Crippen molar-refractivity contribution in [3.63, 3.8) is 0 Å². The third-order valence-corrected chi connectivity index (χ3v) is 6.26. The summed E-state index contributed by atoms with van der Waals surface area (Å²) in [5.74, 6) is 0.789. The monoisotopic (exact) mass is 460 g/mol. The Morgan fingerprint density at radius 1 is 0.971 bits per heavy atom. The van der Waals surface area contributed by atoms with Crippen molar-refractivity contribution in [2.24, 2.45) is 0 Å². The van der Waals surface area contributed by atoms with Crippen LogP contribution in [0.4, 0.5) is 5.69 Å². The summed E-state index contributed by atoms with van der Waals surface area (Å²) in [7, 11) is 3.13. The Morgan fingerprint density at radius 2 is 1.68 bits per heavy atom. The van der Waals surface area contributed by atoms with Crippen LogP contribution in [-0.2, 0) is 6.42 Å². The van der Waals surface area contributed by atoms with Crippen LogP contribution >= 0.6 is 0 Å². The second-order valence-electron chi connectivity index (χ2n) is 8.78. The number of fused-ring (bicyclic) bond motifs is 1. The van der Waals surface area contributed by atoms with Crippen molar-refractivity contribution < 1.29 is 19.1 Å². The molecule has 1 aliphatic carbocycles. The van der Waals surface area contributed by atoms with E-state index in [1.165, 1.54) is 6.07 Å². The van der Waals surface area contributed by atoms with Crippen LogP contribution in [-0.4, -0.2) is 30.9 Å². The third kappa shape index (κ3) is 4.59. The molecule has 34 heavy (non-hydrogen) atoms. The zero-order chi connectivity index (χ0) is 24.4. The molecule has 1 atom stereocenters. The summed E-state index contributed by atoms with van der Waals surface area (Å²) in [5.41, 5.74) is 2.99. The van der Waals surface area contributed by atoms with Crippen LogP contribution in [0.2, 0.25) is 0 Å². The second-order valence-corrected chi connectivity index (χ2v) is 8.78. The molecule has 1 amide bonds. The van der Waals surface area contributed by atoms with E-state index in [2.05, 4.69) is 24.1 Å². The summed E-state index contributed by atoms with van der Waals surface area (Å²) in [6, 6.07) is 14.5. The van der Waals surface area contributed by atoms with Gasteiger partial charge < -0.3 is 19.8 Å². The van der Waals surface area contributed by atoms with Crippen molar-refractivity contribution >= 4 is 17.4 Å². The van der Waals surface area contributed by atoms with Gasteiger partial charge in [-0.1, -0.05) is 32.0 Å². The average Bonchev–Trinajstić information content (AvgIpc) is 2.83. The number of ketones is 1. The molecule has 1 unspecified atom stereocenters. The smallest absolute Gasteiger partial charge is 0.261 e. The number of carbonyl (C=O) groups is 2. The first-order chi connectivity index (χ1) is 16.3. The predicted octanol–water partition coefficient (Wildman–Crippen LogP) is 4.68. The van der Waals surface area contributed by atoms with E-state index >= 15 is 0 Å². The molecule has 1 aromatic heterocycles. The Morgan fingerprint density at radius 3 is 2.32 bits per heavy atom. The zero-order valence-electron chi connectivity index (χ0n) is 19.7. The summed E-state index contributed by atoms with van der Waals surface area (Å²) in [4.78, 5) is 41.3. The lowest BCUT2D eigenvalue weighted by Crippen LogP contribution is -2.29. The molecule has 7 heteroatoms. The lowest BCUT2D eigenvalue weighted by Gasteiger charge is -2.24. The fraction of sp³-hybridized carbons (Fsp3) is 0.296. The highest BCUT2D eigenvalue weighted by Crippen LogP contribution is 2.36. The van der Waals surface area contributed by atoms with E-state index in [9.17, 15) is 14.4 Å². The number of carbonyl (C=O) groups excluding carboxylic acids is 2. The maximum absolute atomic E-state index is 13.0. The van der Waals surface area contributed by atoms with Gasteiger partial charge in [-0.3, -0.25) is 14.4 Å². The molecule has 3 aromatic rings. The molecule has 0 saturated heterocycles. The number of aromatic amines is 1. The number of anilines is 1. The Hall–Kier alpha value is -3.87. The number of pyridine rings is 1. The molecule has 176 valence electrons. The summed E-state index contributed by atoms with van der Waals surface area (Å²) in [5, 5.41) is 2.75. The van der Waals surface area contributed by atoms with Crippen molar-refractivity contribution in [1.82, 2.24) is 4.98 Å². The van der Waals surface area contributed by atoms with Crippen molar-refractivity contribution in [3.8, 4) is 11.5 Å². The fourth-order valence-corrected chi connectivity index (χ4v) is 4.29. The largest absolute Gasteiger partial charge is 0.493 e. The van der Waals surface area contributed by atoms with E-state index in [-0.39, 0.29) is 23.7 Å². The number of methoxy groups -OCH3 is 2. The maximum Gasteiger partial charge on any atom is 0.261 e. The number of hydrogen-bond acceptors (Lipinski definition) is 5. The normalized spacial score (nSPS) is 15.1. The van der Waals surface area contributed by atoms with E-state index in [0.717, 1.165) is 11.1 Å². The van der Waals surface area contributed by atoms with E-state index < -0.39 is 11.5 Å². The SMILES string of the molecule is COc1ccc(C2CC(=O)c3cc(C(=O)Nc4ccc(C(C)C)cc4)c(=O)[nH]c3C2)cc1OC. The Kier molecular flexibility index (Phi) is 6.54. The van der Waals surface area contributed by atoms with Gasteiger partial charge in [-0.25, -0.2) is 0 Å². The molecular formula is C27H28N2O5. The number of benzene rings is 2. The van der Waals surface area contributed by atoms with Gasteiger partial charge in [-0.05, 0) is 59.7 Å². The number of nitrogens with one attached hydrogen (secondary N) is 2. The van der Waals surface area contributed by atoms with Crippen molar-refractivity contribution in [1.29, 1.82) is 0 Å². The Labute approximate surface area is 198 Å². The van der Waals surface area contributed by atoms with Gasteiger partial charge in [0, 0.05) is 23.4 Å². The molecule has 2 aromatic carbocycles. The topological polar surface area (TPSA) is 97.5 Å². The van der Waals surface area contributed by atoms with Gasteiger partial charge in [-0.15, -0.1) is 0 Å². The summed E-state index contributed by atoms with van der Waals surface area (Å²) in [6.07, 6.45) is 0.747. The van der Waals surface area contributed by atoms with E-state index in [1.54, 1.807) is 32.4 Å². The first-order valence-electron chi connectivity index (χ1n) is 11.2. The number of H-pyrrole nitrogens is 1. The number of ether oxygens (including phenoxy) is 2. The predicted molar refractivity (Wildman–Crippen MR) is 130 cm³/mol. The number of Topliss-reactive ketones (excluding diaryl/α,β-unsaturated/α-hetero) is 1. The number of aromatic nitrogens is 1. The van der Waals surface area contributed by atoms with Crippen LogP contribution in [0, 0.1) is 0 Å². The third-order valence-electron chi connectivity index (χ3n) is 6.26. The van der Waals surface area contributed by atoms with Gasteiger partial charge in [-0.2, -0.15) is 0 Å². The van der Waals surface area contributed by atoms with Crippen LogP contribution < -0.4 is 20.3 Å². The summed E-state index contributed by atoms with van der Waals surface area (Å²) >= 11 is 0. The minimum Gasteiger partial charge on any atom is -0.493 e. The highest BCUT2D eigenvalue weighted by Gasteiger charge is 2.29. The summed E-state index contributed by atoms with van der Waals surface area (Å²) < 4.78 is 10.7. The molecular weight excluding hydrogens is 432 g/mol. The highest BCUT2D eigenvalue weighted by molar-refractivity contribution is 6.06. The molecule has 4 rings (SSSR count). The number of hydrogen-bond donors (Lipinski definition) is 2. The van der Waals surface area contributed by atoms with Gasteiger partial charge in [0.25, 0.3) is 11.5 Å². The molecule has 1 aliphatic rings. The first kappa shape index (κ1) is 23.3. The van der Waals surface area contributed by atoms with Crippen molar-refractivity contribution in [2.75, 3.05) is 19.5 Å². The molecule has 2 N–H and O–H groups in total. The number of rotatable bonds is 6. The fourth-order valence-electron chi connectivity index (χ4n) is 4.29. The van der Waals surface area contributed by atoms with Crippen LogP contribution in [0.3, 0.4) is 0 Å². The van der Waals surface area contributed by atoms with Crippen molar-refractivity contribution in [3.05, 3.63) is 86.8 Å². The molecule has 0 bridgehead atoms. The minimum atomic E-state index is -0.545. The van der Waals surface area contributed by atoms with Gasteiger partial charge in [0.15, 0.2) is 17.3 Å². The summed E-state index contributed by atoms with van der Waals surface area (Å²) in [6.45, 7) is 4.18. The average molecular weight is 461 g/mol. The molecule has 0 aliphatic heterocycles. The Bertz CT molecular complexity index is 1290. The molecule has 0 saturated carbocycles. The molecule has 1 heterocycles. The van der Waals surface area contributed by atoms with Gasteiger partial charge >= 0.3 is 0 Å². The lowest BCUT2D eigenvalue weighted by atomic mass is 9.81. The van der Waals surface area contributed by atoms with Crippen LogP contribution in [0.25, 0.3) is 0 Å². The standard InChI is InChI=1S/C27H28N2O5/c1-15(2)16-5-8-19(9-6-16)28-26(31)21-14-20-22(29-27(21)32)11-18(12-23(20)30)17-7-10-24(33-3)25(13-17)34-4/h5-10,13-15,18H,11-12H2,1-4H3,(H,28,31)(H,29,32). The molecule has 0 fully saturated rings. The number of amides is 1.